The average molecular weight is 350 g/mol. The Morgan fingerprint density at radius 2 is 0.958 bits per heavy atom. The highest BCUT2D eigenvalue weighted by atomic mass is 32.1. The van der Waals surface area contributed by atoms with Gasteiger partial charge in [0.05, 0.1) is 0 Å². The molecule has 0 aromatic heterocycles. The zero-order chi connectivity index (χ0) is 17.8. The van der Waals surface area contributed by atoms with E-state index in [1.165, 1.54) is 11.1 Å². The molecule has 0 saturated carbocycles. The van der Waals surface area contributed by atoms with E-state index in [9.17, 15) is 13.2 Å². The van der Waals surface area contributed by atoms with Crippen molar-refractivity contribution in [3.8, 4) is 16.9 Å². The van der Waals surface area contributed by atoms with Crippen LogP contribution in [0.25, 0.3) is 11.1 Å². The highest BCUT2D eigenvalue weighted by Gasteiger charge is 1.91. The smallest absolute Gasteiger partial charge is 0.379 e. The number of rotatable bonds is 1. The topological polar surface area (TPSA) is 20.2 Å². The molecule has 0 unspecified atom stereocenters. The lowest BCUT2D eigenvalue weighted by Gasteiger charge is -1.98. The van der Waals surface area contributed by atoms with Crippen molar-refractivity contribution in [2.75, 3.05) is 0 Å². The van der Waals surface area contributed by atoms with E-state index in [0.29, 0.717) is 0 Å². The van der Waals surface area contributed by atoms with Gasteiger partial charge in [0.2, 0.25) is 0 Å². The first-order chi connectivity index (χ1) is 11.5. The van der Waals surface area contributed by atoms with Gasteiger partial charge in [-0.15, -0.1) is 12.6 Å². The molecule has 0 aliphatic carbocycles. The Kier molecular flexibility index (Phi) is 9.16. The zero-order valence-electron chi connectivity index (χ0n) is 12.7. The van der Waals surface area contributed by atoms with Gasteiger partial charge in [-0.25, -0.2) is 0 Å². The van der Waals surface area contributed by atoms with Crippen molar-refractivity contribution in [1.82, 2.24) is 0 Å². The summed E-state index contributed by atoms with van der Waals surface area (Å²) in [5.41, 5.74) is 2.55. The normalized spacial score (nSPS) is 9.38. The van der Waals surface area contributed by atoms with Gasteiger partial charge < -0.3 is 5.11 Å². The Morgan fingerprint density at radius 1 is 0.625 bits per heavy atom. The minimum Gasteiger partial charge on any atom is -0.508 e. The maximum absolute atomic E-state index is 9.67. The van der Waals surface area contributed by atoms with Crippen molar-refractivity contribution in [3.63, 3.8) is 0 Å². The third-order valence-corrected chi connectivity index (χ3v) is 3.03. The number of halogens is 3. The summed E-state index contributed by atoms with van der Waals surface area (Å²) in [7, 11) is 0. The van der Waals surface area contributed by atoms with Crippen molar-refractivity contribution < 1.29 is 18.3 Å². The average Bonchev–Trinajstić information content (AvgIpc) is 2.59. The maximum atomic E-state index is 9.67. The summed E-state index contributed by atoms with van der Waals surface area (Å²) in [6.45, 7) is -3.67. The molecule has 0 spiro atoms. The number of phenols is 1. The van der Waals surface area contributed by atoms with Gasteiger partial charge in [-0.2, -0.15) is 13.2 Å². The van der Waals surface area contributed by atoms with Gasteiger partial charge >= 0.3 is 6.68 Å². The minimum absolute atomic E-state index is 0.280. The van der Waals surface area contributed by atoms with E-state index in [2.05, 4.69) is 61.2 Å². The van der Waals surface area contributed by atoms with Gasteiger partial charge in [-0.1, -0.05) is 60.7 Å². The van der Waals surface area contributed by atoms with E-state index >= 15 is 0 Å². The van der Waals surface area contributed by atoms with Crippen LogP contribution in [0.1, 0.15) is 0 Å². The summed E-state index contributed by atoms with van der Waals surface area (Å²) in [6, 6.07) is 27.4. The van der Waals surface area contributed by atoms with Crippen LogP contribution in [0.15, 0.2) is 89.8 Å². The van der Waals surface area contributed by atoms with Crippen LogP contribution >= 0.6 is 12.6 Å². The molecule has 0 aliphatic heterocycles. The number of alkyl halides is 3. The molecule has 0 fully saturated rings. The Bertz CT molecular complexity index is 613. The third-order valence-electron chi connectivity index (χ3n) is 2.73. The summed E-state index contributed by atoms with van der Waals surface area (Å²) < 4.78 is 29.0. The lowest BCUT2D eigenvalue weighted by atomic mass is 10.1. The molecule has 0 bridgehead atoms. The Hall–Kier alpha value is -2.40. The predicted octanol–water partition coefficient (Wildman–Crippen LogP) is 6.21. The first-order valence-electron chi connectivity index (χ1n) is 6.99. The largest absolute Gasteiger partial charge is 0.508 e. The third kappa shape index (κ3) is 8.90. The number of aromatic hydroxyl groups is 1. The number of benzene rings is 3. The molecule has 1 nitrogen and oxygen atoms in total. The lowest BCUT2D eigenvalue weighted by molar-refractivity contribution is 0.00819. The van der Waals surface area contributed by atoms with Crippen LogP contribution in [0.2, 0.25) is 0 Å². The van der Waals surface area contributed by atoms with Gasteiger partial charge in [-0.05, 0) is 35.4 Å². The van der Waals surface area contributed by atoms with Crippen molar-refractivity contribution in [2.45, 2.75) is 11.6 Å². The van der Waals surface area contributed by atoms with Crippen LogP contribution in [0.4, 0.5) is 13.2 Å². The Morgan fingerprint density at radius 3 is 1.25 bits per heavy atom. The van der Waals surface area contributed by atoms with Gasteiger partial charge in [0.1, 0.15) is 5.75 Å². The molecule has 126 valence electrons. The van der Waals surface area contributed by atoms with Gasteiger partial charge in [0.25, 0.3) is 0 Å². The molecular weight excluding hydrogens is 333 g/mol. The zero-order valence-corrected chi connectivity index (χ0v) is 13.6. The molecular formula is C19H17F3OS. The highest BCUT2D eigenvalue weighted by molar-refractivity contribution is 7.80. The summed E-state index contributed by atoms with van der Waals surface area (Å²) in [6.07, 6.45) is 0. The lowest BCUT2D eigenvalue weighted by Crippen LogP contribution is -1.73. The molecule has 0 atom stereocenters. The first kappa shape index (κ1) is 19.6. The molecule has 0 aliphatic rings. The summed E-state index contributed by atoms with van der Waals surface area (Å²) in [4.78, 5) is 0.864. The van der Waals surface area contributed by atoms with E-state index in [1.807, 2.05) is 12.1 Å². The van der Waals surface area contributed by atoms with E-state index in [4.69, 9.17) is 5.11 Å². The fourth-order valence-electron chi connectivity index (χ4n) is 1.71. The van der Waals surface area contributed by atoms with E-state index in [1.54, 1.807) is 24.3 Å². The maximum Gasteiger partial charge on any atom is 0.379 e. The fourth-order valence-corrected chi connectivity index (χ4v) is 1.86. The van der Waals surface area contributed by atoms with Crippen LogP contribution in [0.5, 0.6) is 5.75 Å². The second-order valence-electron chi connectivity index (χ2n) is 4.50. The number of phenolic OH excluding ortho intramolecular Hbond substituents is 1. The van der Waals surface area contributed by atoms with Crippen molar-refractivity contribution >= 4 is 12.6 Å². The van der Waals surface area contributed by atoms with Gasteiger partial charge in [-0.3, -0.25) is 0 Å². The second-order valence-corrected chi connectivity index (χ2v) is 5.01. The molecule has 5 heteroatoms. The monoisotopic (exact) mass is 350 g/mol. The number of hydrogen-bond acceptors (Lipinski definition) is 2. The van der Waals surface area contributed by atoms with Crippen LogP contribution in [0.3, 0.4) is 0 Å². The molecule has 0 heterocycles. The number of thiol groups is 1. The molecule has 1 N–H and O–H groups in total. The van der Waals surface area contributed by atoms with Gasteiger partial charge in [0.15, 0.2) is 0 Å². The Labute approximate surface area is 144 Å². The van der Waals surface area contributed by atoms with Crippen LogP contribution in [-0.4, -0.2) is 11.8 Å². The van der Waals surface area contributed by atoms with Crippen LogP contribution in [-0.2, 0) is 0 Å². The fraction of sp³-hybridized carbons (Fsp3) is 0.0526. The number of hydrogen-bond donors (Lipinski definition) is 2. The first-order valence-corrected chi connectivity index (χ1v) is 7.44. The van der Waals surface area contributed by atoms with Gasteiger partial charge in [0, 0.05) is 4.90 Å². The van der Waals surface area contributed by atoms with E-state index in [0.717, 1.165) is 4.90 Å². The summed E-state index contributed by atoms with van der Waals surface area (Å²) in [5, 5.41) is 8.72. The second kappa shape index (κ2) is 11.2. The SMILES string of the molecule is FC(F)F.Oc1ccc(S)cc1.c1ccc(-c2ccccc2)cc1. The molecule has 3 aromatic rings. The Balaban J connectivity index is 0.000000208. The minimum atomic E-state index is -3.67. The standard InChI is InChI=1S/C12H10.C6H6OS.CHF3/c1-3-7-11(8-4-1)12-9-5-2-6-10-12;7-5-1-3-6(8)4-2-5;2-1(3)4/h1-10H;1-4,7-8H;1H. The molecule has 0 saturated heterocycles. The molecule has 0 amide bonds. The summed E-state index contributed by atoms with van der Waals surface area (Å²) >= 11 is 4.02. The predicted molar refractivity (Wildman–Crippen MR) is 94.3 cm³/mol. The quantitative estimate of drug-likeness (QED) is 0.500. The van der Waals surface area contributed by atoms with Crippen LogP contribution in [0, 0.1) is 0 Å². The highest BCUT2D eigenvalue weighted by Crippen LogP contribution is 2.17. The molecule has 3 aromatic carbocycles. The van der Waals surface area contributed by atoms with E-state index < -0.39 is 6.68 Å². The molecule has 24 heavy (non-hydrogen) atoms. The molecule has 0 radical (unpaired) electrons. The molecule has 3 rings (SSSR count). The van der Waals surface area contributed by atoms with Crippen molar-refractivity contribution in [1.29, 1.82) is 0 Å². The summed E-state index contributed by atoms with van der Waals surface area (Å²) in [5.74, 6) is 0.280. The van der Waals surface area contributed by atoms with Crippen molar-refractivity contribution in [2.24, 2.45) is 0 Å². The van der Waals surface area contributed by atoms with E-state index in [-0.39, 0.29) is 5.75 Å². The van der Waals surface area contributed by atoms with Crippen LogP contribution < -0.4 is 0 Å². The van der Waals surface area contributed by atoms with Crippen molar-refractivity contribution in [3.05, 3.63) is 84.9 Å².